The Morgan fingerprint density at radius 2 is 1.73 bits per heavy atom. The molecule has 1 amide bonds. The average molecular weight is 725 g/mol. The zero-order valence-electron chi connectivity index (χ0n) is 28.7. The van der Waals surface area contributed by atoms with Gasteiger partial charge in [-0.1, -0.05) is 12.1 Å². The molecule has 0 bridgehead atoms. The monoisotopic (exact) mass is 724 g/mol. The van der Waals surface area contributed by atoms with E-state index in [1.54, 1.807) is 31.2 Å². The van der Waals surface area contributed by atoms with Crippen molar-refractivity contribution in [3.8, 4) is 17.2 Å². The third-order valence-corrected chi connectivity index (χ3v) is 9.79. The third kappa shape index (κ3) is 6.54. The van der Waals surface area contributed by atoms with Crippen LogP contribution >= 0.6 is 12.4 Å². The minimum atomic E-state index is -1.90. The number of aliphatic hydroxyl groups excluding tert-OH is 1. The molecule has 3 aliphatic rings. The van der Waals surface area contributed by atoms with Crippen molar-refractivity contribution >= 4 is 41.3 Å². The Hall–Kier alpha value is -4.57. The first-order valence-corrected chi connectivity index (χ1v) is 16.1. The van der Waals surface area contributed by atoms with Crippen molar-refractivity contribution in [3.63, 3.8) is 0 Å². The molecule has 1 heterocycles. The van der Waals surface area contributed by atoms with Crippen molar-refractivity contribution in [1.82, 2.24) is 5.43 Å². The molecule has 6 atom stereocenters. The van der Waals surface area contributed by atoms with E-state index in [2.05, 4.69) is 10.5 Å². The van der Waals surface area contributed by atoms with Crippen LogP contribution in [0.2, 0.25) is 0 Å². The first kappa shape index (κ1) is 37.7. The summed E-state index contributed by atoms with van der Waals surface area (Å²) in [6, 6.07) is 10.6. The molecule has 3 aromatic rings. The number of nitrogens with two attached hydrogens (primary N) is 1. The lowest BCUT2D eigenvalue weighted by Crippen LogP contribution is -2.52. The molecule has 0 spiro atoms. The lowest BCUT2D eigenvalue weighted by Gasteiger charge is -2.42. The number of ether oxygens (including phenoxy) is 3. The minimum Gasteiger partial charge on any atom is -0.507 e. The number of benzene rings is 3. The molecule has 3 aromatic carbocycles. The highest BCUT2D eigenvalue weighted by atomic mass is 35.5. The molecule has 2 aliphatic carbocycles. The first-order valence-electron chi connectivity index (χ1n) is 16.1. The number of phenolic OH excluding ortho intramolecular Hbond substituents is 2. The molecule has 6 rings (SSSR count). The molecule has 0 radical (unpaired) electrons. The smallest absolute Gasteiger partial charge is 0.271 e. The minimum absolute atomic E-state index is 0. The number of phenols is 2. The van der Waals surface area contributed by atoms with Crippen LogP contribution in [0.15, 0.2) is 47.6 Å². The van der Waals surface area contributed by atoms with Crippen LogP contribution in [0.1, 0.15) is 86.1 Å². The Balaban J connectivity index is 0.00000504. The maximum absolute atomic E-state index is 13.9. The van der Waals surface area contributed by atoms with Crippen molar-refractivity contribution in [1.29, 1.82) is 0 Å². The normalized spacial score (nSPS) is 25.6. The lowest BCUT2D eigenvalue weighted by atomic mass is 9.71. The summed E-state index contributed by atoms with van der Waals surface area (Å²) >= 11 is 0. The van der Waals surface area contributed by atoms with Gasteiger partial charge >= 0.3 is 0 Å². The molecule has 51 heavy (non-hydrogen) atoms. The Kier molecular flexibility index (Phi) is 10.5. The number of ketones is 2. The number of amides is 1. The van der Waals surface area contributed by atoms with Crippen molar-refractivity contribution in [2.75, 3.05) is 26.1 Å². The van der Waals surface area contributed by atoms with Crippen LogP contribution < -0.4 is 20.8 Å². The number of hydrogen-bond donors (Lipinski definition) is 6. The van der Waals surface area contributed by atoms with Crippen LogP contribution in [-0.2, 0) is 15.9 Å². The number of rotatable bonds is 7. The fourth-order valence-corrected chi connectivity index (χ4v) is 6.88. The van der Waals surface area contributed by atoms with E-state index in [9.17, 15) is 34.8 Å². The second-order valence-corrected chi connectivity index (χ2v) is 13.2. The standard InChI is InChI=1S/C36H40N4O10.ClH/c1-16-30(41)22(37)13-25(49-16)50-24-15-36(47,17(2)38-39-35(46)18-9-11-19(12-10-18)40(3)4)14-21-27(24)34(45)29-28(32(21)43)31(42)20-7-6-8-23(48-5)26(20)33(29)44;/h6-12,16,22,24-25,30,41,43,45,47H,13-15,37H2,1-5H3,(H,39,46);1H. The maximum atomic E-state index is 13.9. The summed E-state index contributed by atoms with van der Waals surface area (Å²) in [5.74, 6) is -3.11. The van der Waals surface area contributed by atoms with Crippen LogP contribution in [0.5, 0.6) is 17.2 Å². The maximum Gasteiger partial charge on any atom is 0.271 e. The van der Waals surface area contributed by atoms with E-state index >= 15 is 0 Å². The van der Waals surface area contributed by atoms with Gasteiger partial charge in [-0.25, -0.2) is 5.43 Å². The number of methoxy groups -OCH3 is 1. The van der Waals surface area contributed by atoms with E-state index in [1.807, 2.05) is 19.0 Å². The van der Waals surface area contributed by atoms with Gasteiger partial charge < -0.3 is 45.3 Å². The zero-order valence-corrected chi connectivity index (χ0v) is 29.5. The Labute approximate surface area is 300 Å². The van der Waals surface area contributed by atoms with E-state index in [4.69, 9.17) is 19.9 Å². The lowest BCUT2D eigenvalue weighted by molar-refractivity contribution is -0.245. The fourth-order valence-electron chi connectivity index (χ4n) is 6.88. The van der Waals surface area contributed by atoms with E-state index < -0.39 is 76.3 Å². The molecule has 0 aromatic heterocycles. The van der Waals surface area contributed by atoms with Gasteiger partial charge in [0.05, 0.1) is 47.8 Å². The van der Waals surface area contributed by atoms with Crippen molar-refractivity contribution < 1.29 is 49.0 Å². The van der Waals surface area contributed by atoms with Gasteiger partial charge in [0.25, 0.3) is 5.91 Å². The molecular weight excluding hydrogens is 684 g/mol. The molecule has 272 valence electrons. The number of aliphatic hydroxyl groups is 2. The van der Waals surface area contributed by atoms with Gasteiger partial charge in [-0.2, -0.15) is 5.10 Å². The predicted octanol–water partition coefficient (Wildman–Crippen LogP) is 2.73. The number of halogens is 1. The molecule has 14 nitrogen and oxygen atoms in total. The summed E-state index contributed by atoms with van der Waals surface area (Å²) < 4.78 is 17.5. The highest BCUT2D eigenvalue weighted by Gasteiger charge is 2.49. The summed E-state index contributed by atoms with van der Waals surface area (Å²) in [5.41, 5.74) is 6.94. The second kappa shape index (κ2) is 14.2. The molecule has 7 N–H and O–H groups in total. The number of nitrogens with zero attached hydrogens (tertiary/aromatic N) is 2. The van der Waals surface area contributed by atoms with Gasteiger partial charge in [-0.05, 0) is 44.2 Å². The number of nitrogens with one attached hydrogen (secondary N) is 1. The number of aromatic hydroxyl groups is 2. The van der Waals surface area contributed by atoms with Gasteiger partial charge in [0.15, 0.2) is 12.1 Å². The van der Waals surface area contributed by atoms with E-state index in [-0.39, 0.29) is 65.4 Å². The molecule has 1 fully saturated rings. The first-order chi connectivity index (χ1) is 23.7. The van der Waals surface area contributed by atoms with Crippen molar-refractivity contribution in [2.24, 2.45) is 10.8 Å². The molecule has 0 saturated carbocycles. The number of anilines is 1. The molecule has 1 aliphatic heterocycles. The Morgan fingerprint density at radius 3 is 2.35 bits per heavy atom. The number of carbonyl (C=O) groups excluding carboxylic acids is 3. The second-order valence-electron chi connectivity index (χ2n) is 13.2. The fraction of sp³-hybridized carbons (Fsp3) is 0.389. The average Bonchev–Trinajstić information content (AvgIpc) is 3.09. The zero-order chi connectivity index (χ0) is 36.2. The van der Waals surface area contributed by atoms with Crippen molar-refractivity contribution in [2.45, 2.75) is 69.4 Å². The quantitative estimate of drug-likeness (QED) is 0.0923. The number of fused-ring (bicyclic) bond motifs is 3. The Bertz CT molecular complexity index is 1900. The molecule has 6 unspecified atom stereocenters. The highest BCUT2D eigenvalue weighted by molar-refractivity contribution is 6.31. The number of carbonyl (C=O) groups is 3. The number of hydrogen-bond acceptors (Lipinski definition) is 13. The van der Waals surface area contributed by atoms with Gasteiger partial charge in [-0.3, -0.25) is 14.4 Å². The van der Waals surface area contributed by atoms with E-state index in [0.717, 1.165) is 5.69 Å². The van der Waals surface area contributed by atoms with Crippen LogP contribution in [0.4, 0.5) is 5.69 Å². The van der Waals surface area contributed by atoms with Crippen LogP contribution in [-0.4, -0.2) is 95.0 Å². The van der Waals surface area contributed by atoms with E-state index in [1.165, 1.54) is 32.2 Å². The Morgan fingerprint density at radius 1 is 1.06 bits per heavy atom. The third-order valence-electron chi connectivity index (χ3n) is 9.79. The topological polar surface area (TPSA) is 213 Å². The number of hydrazone groups is 1. The molecule has 1 saturated heterocycles. The summed E-state index contributed by atoms with van der Waals surface area (Å²) in [7, 11) is 5.09. The van der Waals surface area contributed by atoms with Gasteiger partial charge in [0.2, 0.25) is 5.78 Å². The van der Waals surface area contributed by atoms with Gasteiger partial charge in [0, 0.05) is 67.3 Å². The summed E-state index contributed by atoms with van der Waals surface area (Å²) in [6.07, 6.45) is -4.56. The van der Waals surface area contributed by atoms with Gasteiger partial charge in [0.1, 0.15) is 22.8 Å². The predicted molar refractivity (Wildman–Crippen MR) is 188 cm³/mol. The van der Waals surface area contributed by atoms with Crippen LogP contribution in [0, 0.1) is 0 Å². The van der Waals surface area contributed by atoms with Crippen molar-refractivity contribution in [3.05, 3.63) is 81.4 Å². The summed E-state index contributed by atoms with van der Waals surface area (Å²) in [5, 5.41) is 50.2. The largest absolute Gasteiger partial charge is 0.507 e. The molecular formula is C36H41ClN4O10. The van der Waals surface area contributed by atoms with E-state index in [0.29, 0.717) is 5.56 Å². The van der Waals surface area contributed by atoms with Crippen LogP contribution in [0.3, 0.4) is 0 Å². The van der Waals surface area contributed by atoms with Crippen LogP contribution in [0.25, 0.3) is 0 Å². The van der Waals surface area contributed by atoms with Gasteiger partial charge in [-0.15, -0.1) is 12.4 Å². The molecule has 15 heteroatoms. The highest BCUT2D eigenvalue weighted by Crippen LogP contribution is 2.52. The summed E-state index contributed by atoms with van der Waals surface area (Å²) in [6.45, 7) is 3.10. The summed E-state index contributed by atoms with van der Waals surface area (Å²) in [4.78, 5) is 42.6. The SMILES string of the molecule is COc1cccc2c1C(=O)c1c(O)c3c(c(O)c1C2=O)CC(O)(C(C)=NNC(=O)c1ccc(N(C)C)cc1)CC3OC1CC(N)C(O)C(C)O1.Cl.